The van der Waals surface area contributed by atoms with E-state index in [0.717, 1.165) is 32.1 Å². The molecule has 0 amide bonds. The second-order valence-electron chi connectivity index (χ2n) is 5.51. The summed E-state index contributed by atoms with van der Waals surface area (Å²) in [5.41, 5.74) is 0.660. The molecule has 1 aliphatic heterocycles. The van der Waals surface area contributed by atoms with Crippen LogP contribution in [0.25, 0.3) is 11.0 Å². The highest BCUT2D eigenvalue weighted by molar-refractivity contribution is 6.20. The number of hydrogen-bond acceptors (Lipinski definition) is 2. The molecule has 0 N–H and O–H groups in total. The first-order chi connectivity index (χ1) is 10.1. The summed E-state index contributed by atoms with van der Waals surface area (Å²) in [5.74, 6) is -0.240. The Morgan fingerprint density at radius 2 is 2.10 bits per heavy atom. The number of aromatic nitrogens is 2. The molecule has 0 radical (unpaired) electrons. The molecule has 1 saturated heterocycles. The number of rotatable bonds is 3. The summed E-state index contributed by atoms with van der Waals surface area (Å²) in [5, 5.41) is -0.361. The van der Waals surface area contributed by atoms with Crippen LogP contribution in [-0.4, -0.2) is 22.8 Å². The molecule has 1 aromatic carbocycles. The van der Waals surface area contributed by atoms with Gasteiger partial charge in [-0.3, -0.25) is 0 Å². The monoisotopic (exact) mass is 314 g/mol. The molecule has 0 aliphatic carbocycles. The van der Waals surface area contributed by atoms with E-state index in [9.17, 15) is 8.78 Å². The Bertz CT molecular complexity index is 651. The molecule has 1 atom stereocenters. The summed E-state index contributed by atoms with van der Waals surface area (Å²) in [6.45, 7) is 3.91. The molecule has 2 heterocycles. The molecule has 3 nitrogen and oxygen atoms in total. The largest absolute Gasteiger partial charge is 0.381 e. The fraction of sp³-hybridized carbons (Fsp3) is 0.533. The van der Waals surface area contributed by atoms with Gasteiger partial charge in [0.1, 0.15) is 17.2 Å². The number of hydrogen-bond donors (Lipinski definition) is 0. The van der Waals surface area contributed by atoms with Crippen molar-refractivity contribution in [1.29, 1.82) is 0 Å². The van der Waals surface area contributed by atoms with Gasteiger partial charge < -0.3 is 9.30 Å². The van der Waals surface area contributed by atoms with Crippen LogP contribution in [-0.2, 0) is 11.3 Å². The van der Waals surface area contributed by atoms with Crippen molar-refractivity contribution in [2.75, 3.05) is 13.2 Å². The lowest BCUT2D eigenvalue weighted by Gasteiger charge is -2.23. The first kappa shape index (κ1) is 14.7. The fourth-order valence-corrected chi connectivity index (χ4v) is 3.02. The molecule has 1 aliphatic rings. The average Bonchev–Trinajstić information content (AvgIpc) is 2.79. The van der Waals surface area contributed by atoms with Crippen molar-refractivity contribution in [2.24, 2.45) is 5.92 Å². The zero-order valence-electron chi connectivity index (χ0n) is 11.8. The minimum atomic E-state index is -0.644. The number of halogens is 3. The Balaban J connectivity index is 2.06. The Labute approximate surface area is 126 Å². The highest BCUT2D eigenvalue weighted by Crippen LogP contribution is 2.29. The van der Waals surface area contributed by atoms with Gasteiger partial charge in [-0.15, -0.1) is 11.6 Å². The van der Waals surface area contributed by atoms with E-state index in [0.29, 0.717) is 23.8 Å². The molecule has 0 spiro atoms. The van der Waals surface area contributed by atoms with Gasteiger partial charge in [0.25, 0.3) is 0 Å². The molecular weight excluding hydrogens is 298 g/mol. The van der Waals surface area contributed by atoms with Crippen molar-refractivity contribution < 1.29 is 13.5 Å². The van der Waals surface area contributed by atoms with E-state index in [-0.39, 0.29) is 10.9 Å². The first-order valence-electron chi connectivity index (χ1n) is 7.13. The van der Waals surface area contributed by atoms with Crippen LogP contribution in [0.4, 0.5) is 8.78 Å². The third-order valence-corrected chi connectivity index (χ3v) is 4.13. The fourth-order valence-electron chi connectivity index (χ4n) is 2.85. The van der Waals surface area contributed by atoms with Crippen LogP contribution in [0, 0.1) is 17.6 Å². The predicted octanol–water partition coefficient (Wildman–Crippen LogP) is 4.04. The van der Waals surface area contributed by atoms with Crippen LogP contribution < -0.4 is 0 Å². The molecule has 0 saturated carbocycles. The van der Waals surface area contributed by atoms with Gasteiger partial charge in [-0.1, -0.05) is 0 Å². The van der Waals surface area contributed by atoms with Gasteiger partial charge in [0.15, 0.2) is 5.82 Å². The molecule has 21 heavy (non-hydrogen) atoms. The Morgan fingerprint density at radius 3 is 2.76 bits per heavy atom. The molecule has 0 bridgehead atoms. The first-order valence-corrected chi connectivity index (χ1v) is 7.57. The molecule has 114 valence electrons. The standard InChI is InChI=1S/C15H17ClF2N2O/c1-9(16)15-19-14-12(18)6-11(17)7-13(14)20(15)8-10-2-4-21-5-3-10/h6-7,9-10H,2-5,8H2,1H3. The molecule has 1 aromatic heterocycles. The SMILES string of the molecule is CC(Cl)c1nc2c(F)cc(F)cc2n1CC1CCOCC1. The van der Waals surface area contributed by atoms with E-state index in [1.807, 2.05) is 4.57 Å². The number of ether oxygens (including phenoxy) is 1. The Hall–Kier alpha value is -1.20. The van der Waals surface area contributed by atoms with E-state index in [1.165, 1.54) is 6.07 Å². The van der Waals surface area contributed by atoms with E-state index in [4.69, 9.17) is 16.3 Å². The maximum absolute atomic E-state index is 13.9. The summed E-state index contributed by atoms with van der Waals surface area (Å²) in [7, 11) is 0. The van der Waals surface area contributed by atoms with Gasteiger partial charge in [0.05, 0.1) is 10.9 Å². The smallest absolute Gasteiger partial charge is 0.153 e. The summed E-state index contributed by atoms with van der Waals surface area (Å²) in [6, 6.07) is 2.18. The van der Waals surface area contributed by atoms with E-state index < -0.39 is 11.6 Å². The van der Waals surface area contributed by atoms with Crippen LogP contribution in [0.3, 0.4) is 0 Å². The number of alkyl halides is 1. The quantitative estimate of drug-likeness (QED) is 0.799. The van der Waals surface area contributed by atoms with Gasteiger partial charge in [0.2, 0.25) is 0 Å². The second kappa shape index (κ2) is 5.89. The van der Waals surface area contributed by atoms with Crippen LogP contribution in [0.5, 0.6) is 0 Å². The van der Waals surface area contributed by atoms with Crippen LogP contribution in [0.2, 0.25) is 0 Å². The van der Waals surface area contributed by atoms with Gasteiger partial charge in [-0.25, -0.2) is 13.8 Å². The molecule has 6 heteroatoms. The van der Waals surface area contributed by atoms with Crippen molar-refractivity contribution in [3.05, 3.63) is 29.6 Å². The van der Waals surface area contributed by atoms with Crippen molar-refractivity contribution >= 4 is 22.6 Å². The van der Waals surface area contributed by atoms with Crippen LogP contribution in [0.15, 0.2) is 12.1 Å². The van der Waals surface area contributed by atoms with Crippen molar-refractivity contribution in [2.45, 2.75) is 31.7 Å². The summed E-state index contributed by atoms with van der Waals surface area (Å²) < 4.78 is 34.6. The van der Waals surface area contributed by atoms with Crippen LogP contribution in [0.1, 0.15) is 31.0 Å². The third kappa shape index (κ3) is 2.90. The van der Waals surface area contributed by atoms with Gasteiger partial charge >= 0.3 is 0 Å². The minimum Gasteiger partial charge on any atom is -0.381 e. The predicted molar refractivity (Wildman–Crippen MR) is 77.5 cm³/mol. The van der Waals surface area contributed by atoms with Gasteiger partial charge in [-0.05, 0) is 31.7 Å². The maximum atomic E-state index is 13.9. The number of benzene rings is 1. The molecule has 1 unspecified atom stereocenters. The normalized spacial score (nSPS) is 18.3. The zero-order chi connectivity index (χ0) is 15.0. The molecule has 1 fully saturated rings. The maximum Gasteiger partial charge on any atom is 0.153 e. The van der Waals surface area contributed by atoms with Gasteiger partial charge in [0, 0.05) is 25.8 Å². The lowest BCUT2D eigenvalue weighted by atomic mass is 10.0. The van der Waals surface area contributed by atoms with Crippen molar-refractivity contribution in [3.63, 3.8) is 0 Å². The van der Waals surface area contributed by atoms with E-state index in [2.05, 4.69) is 4.98 Å². The summed E-state index contributed by atoms with van der Waals surface area (Å²) in [4.78, 5) is 4.28. The van der Waals surface area contributed by atoms with Gasteiger partial charge in [-0.2, -0.15) is 0 Å². The second-order valence-corrected chi connectivity index (χ2v) is 6.16. The third-order valence-electron chi connectivity index (χ3n) is 3.94. The lowest BCUT2D eigenvalue weighted by Crippen LogP contribution is -2.21. The minimum absolute atomic E-state index is 0.186. The molecule has 3 rings (SSSR count). The number of imidazole rings is 1. The molecule has 2 aromatic rings. The zero-order valence-corrected chi connectivity index (χ0v) is 12.5. The lowest BCUT2D eigenvalue weighted by molar-refractivity contribution is 0.0613. The highest BCUT2D eigenvalue weighted by Gasteiger charge is 2.22. The van der Waals surface area contributed by atoms with E-state index >= 15 is 0 Å². The molecular formula is C15H17ClF2N2O. The number of fused-ring (bicyclic) bond motifs is 1. The van der Waals surface area contributed by atoms with E-state index in [1.54, 1.807) is 6.92 Å². The van der Waals surface area contributed by atoms with Crippen molar-refractivity contribution in [1.82, 2.24) is 9.55 Å². The summed E-state index contributed by atoms with van der Waals surface area (Å²) in [6.07, 6.45) is 1.88. The summed E-state index contributed by atoms with van der Waals surface area (Å²) >= 11 is 6.17. The topological polar surface area (TPSA) is 27.1 Å². The highest BCUT2D eigenvalue weighted by atomic mass is 35.5. The number of nitrogens with zero attached hydrogens (tertiary/aromatic N) is 2. The Morgan fingerprint density at radius 1 is 1.38 bits per heavy atom. The van der Waals surface area contributed by atoms with Crippen LogP contribution >= 0.6 is 11.6 Å². The average molecular weight is 315 g/mol. The Kier molecular flexibility index (Phi) is 4.13. The van der Waals surface area contributed by atoms with Crippen molar-refractivity contribution in [3.8, 4) is 0 Å².